The van der Waals surface area contributed by atoms with E-state index in [0.717, 1.165) is 16.7 Å². The van der Waals surface area contributed by atoms with Crippen molar-refractivity contribution in [2.45, 2.75) is 76.8 Å². The van der Waals surface area contributed by atoms with Crippen molar-refractivity contribution in [2.75, 3.05) is 6.54 Å². The Morgan fingerprint density at radius 1 is 0.761 bits per heavy atom. The van der Waals surface area contributed by atoms with E-state index in [2.05, 4.69) is 10.6 Å². The highest BCUT2D eigenvalue weighted by atomic mass is 16.6. The summed E-state index contributed by atoms with van der Waals surface area (Å²) in [6.45, 7) is 5.41. The third-order valence-electron chi connectivity index (χ3n) is 7.43. The van der Waals surface area contributed by atoms with Crippen LogP contribution in [0.5, 0.6) is 0 Å². The minimum absolute atomic E-state index is 0.0196. The number of benzene rings is 3. The Bertz CT molecular complexity index is 1490. The van der Waals surface area contributed by atoms with Gasteiger partial charge in [-0.3, -0.25) is 14.4 Å². The van der Waals surface area contributed by atoms with Gasteiger partial charge in [-0.2, -0.15) is 0 Å². The fourth-order valence-corrected chi connectivity index (χ4v) is 5.26. The van der Waals surface area contributed by atoms with Gasteiger partial charge in [-0.05, 0) is 50.3 Å². The summed E-state index contributed by atoms with van der Waals surface area (Å²) in [6, 6.07) is 24.2. The standard InChI is InChI=1S/C36H41N3O7/c1-36(2,3)46-34(43)29(23-26-16-9-5-10-17-26)37-32(41)31(40)30-20-13-21-39(30)33(42)28(22-25-14-7-4-8-15-25)38-35(44)45-24-27-18-11-6-12-19-27/h4-12,14-19,28-30H,13,20-24H2,1-3H3,(H,37,41)(H,38,44)/t28-,29+,30-/m0/s1. The predicted octanol–water partition coefficient (Wildman–Crippen LogP) is 4.15. The first kappa shape index (κ1) is 33.9. The average molecular weight is 628 g/mol. The molecule has 2 N–H and O–H groups in total. The van der Waals surface area contributed by atoms with Gasteiger partial charge in [-0.1, -0.05) is 91.0 Å². The summed E-state index contributed by atoms with van der Waals surface area (Å²) in [5.41, 5.74) is 1.55. The molecule has 1 fully saturated rings. The monoisotopic (exact) mass is 627 g/mol. The maximum atomic E-state index is 13.9. The van der Waals surface area contributed by atoms with Gasteiger partial charge >= 0.3 is 12.1 Å². The van der Waals surface area contributed by atoms with Crippen LogP contribution in [-0.2, 0) is 48.1 Å². The zero-order chi connectivity index (χ0) is 33.1. The number of esters is 1. The topological polar surface area (TPSA) is 131 Å². The van der Waals surface area contributed by atoms with Gasteiger partial charge in [-0.25, -0.2) is 9.59 Å². The molecule has 46 heavy (non-hydrogen) atoms. The van der Waals surface area contributed by atoms with Crippen LogP contribution < -0.4 is 10.6 Å². The van der Waals surface area contributed by atoms with Crippen LogP contribution in [-0.4, -0.2) is 64.8 Å². The largest absolute Gasteiger partial charge is 0.458 e. The van der Waals surface area contributed by atoms with Crippen LogP contribution >= 0.6 is 0 Å². The van der Waals surface area contributed by atoms with Crippen molar-refractivity contribution in [3.8, 4) is 0 Å². The van der Waals surface area contributed by atoms with Crippen molar-refractivity contribution in [3.05, 3.63) is 108 Å². The normalized spacial score (nSPS) is 15.7. The van der Waals surface area contributed by atoms with E-state index in [1.807, 2.05) is 91.0 Å². The van der Waals surface area contributed by atoms with Gasteiger partial charge in [0.2, 0.25) is 11.7 Å². The molecule has 0 spiro atoms. The number of hydrogen-bond acceptors (Lipinski definition) is 7. The summed E-state index contributed by atoms with van der Waals surface area (Å²) in [6.07, 6.45) is 0.257. The number of likely N-dealkylation sites (tertiary alicyclic amines) is 1. The Labute approximate surface area is 269 Å². The molecule has 3 amide bonds. The Kier molecular flexibility index (Phi) is 11.7. The molecule has 0 aromatic heterocycles. The van der Waals surface area contributed by atoms with E-state index in [1.165, 1.54) is 4.90 Å². The number of hydrogen-bond donors (Lipinski definition) is 2. The molecule has 0 bridgehead atoms. The smallest absolute Gasteiger partial charge is 0.408 e. The first-order valence-electron chi connectivity index (χ1n) is 15.4. The molecular formula is C36H41N3O7. The Morgan fingerprint density at radius 2 is 1.28 bits per heavy atom. The maximum Gasteiger partial charge on any atom is 0.408 e. The number of nitrogens with one attached hydrogen (secondary N) is 2. The fourth-order valence-electron chi connectivity index (χ4n) is 5.26. The van der Waals surface area contributed by atoms with Gasteiger partial charge in [0.05, 0.1) is 0 Å². The van der Waals surface area contributed by atoms with Crippen molar-refractivity contribution in [1.29, 1.82) is 0 Å². The third kappa shape index (κ3) is 10.0. The van der Waals surface area contributed by atoms with Crippen LogP contribution in [0, 0.1) is 0 Å². The molecule has 1 aliphatic rings. The highest BCUT2D eigenvalue weighted by Gasteiger charge is 2.41. The molecule has 3 aromatic carbocycles. The van der Waals surface area contributed by atoms with Gasteiger partial charge in [0, 0.05) is 19.4 Å². The average Bonchev–Trinajstić information content (AvgIpc) is 3.53. The quantitative estimate of drug-likeness (QED) is 0.228. The molecule has 0 radical (unpaired) electrons. The van der Waals surface area contributed by atoms with Crippen molar-refractivity contribution in [3.63, 3.8) is 0 Å². The lowest BCUT2D eigenvalue weighted by atomic mass is 10.0. The van der Waals surface area contributed by atoms with Crippen molar-refractivity contribution in [1.82, 2.24) is 15.5 Å². The Balaban J connectivity index is 1.47. The number of carbonyl (C=O) groups excluding carboxylic acids is 5. The first-order chi connectivity index (χ1) is 22.0. The lowest BCUT2D eigenvalue weighted by Gasteiger charge is -2.29. The van der Waals surface area contributed by atoms with Crippen LogP contribution in [0.25, 0.3) is 0 Å². The number of nitrogens with zero attached hydrogens (tertiary/aromatic N) is 1. The van der Waals surface area contributed by atoms with Gasteiger partial charge < -0.3 is 25.0 Å². The zero-order valence-electron chi connectivity index (χ0n) is 26.4. The van der Waals surface area contributed by atoms with Crippen LogP contribution in [0.3, 0.4) is 0 Å². The molecule has 4 rings (SSSR count). The molecule has 0 aliphatic carbocycles. The van der Waals surface area contributed by atoms with E-state index in [4.69, 9.17) is 9.47 Å². The minimum Gasteiger partial charge on any atom is -0.458 e. The molecule has 1 saturated heterocycles. The summed E-state index contributed by atoms with van der Waals surface area (Å²) in [5, 5.41) is 5.24. The van der Waals surface area contributed by atoms with Crippen molar-refractivity contribution in [2.24, 2.45) is 0 Å². The second-order valence-corrected chi connectivity index (χ2v) is 12.3. The molecule has 0 unspecified atom stereocenters. The number of ketones is 1. The second-order valence-electron chi connectivity index (χ2n) is 12.3. The molecule has 3 atom stereocenters. The molecule has 1 heterocycles. The van der Waals surface area contributed by atoms with Crippen molar-refractivity contribution >= 4 is 29.7 Å². The van der Waals surface area contributed by atoms with Gasteiger partial charge in [0.25, 0.3) is 5.91 Å². The first-order valence-corrected chi connectivity index (χ1v) is 15.4. The number of ether oxygens (including phenoxy) is 2. The number of amides is 3. The summed E-state index contributed by atoms with van der Waals surface area (Å²) in [5.74, 6) is -2.99. The number of Topliss-reactive ketones (excluding diaryl/α,β-unsaturated/α-hetero) is 1. The van der Waals surface area contributed by atoms with E-state index in [9.17, 15) is 24.0 Å². The molecular weight excluding hydrogens is 586 g/mol. The van der Waals surface area contributed by atoms with Crippen molar-refractivity contribution < 1.29 is 33.4 Å². The number of alkyl carbamates (subject to hydrolysis) is 1. The van der Waals surface area contributed by atoms with Crippen LogP contribution in [0.1, 0.15) is 50.3 Å². The third-order valence-corrected chi connectivity index (χ3v) is 7.43. The molecule has 3 aromatic rings. The predicted molar refractivity (Wildman–Crippen MR) is 171 cm³/mol. The maximum absolute atomic E-state index is 13.9. The van der Waals surface area contributed by atoms with Crippen LogP contribution in [0.4, 0.5) is 4.79 Å². The lowest BCUT2D eigenvalue weighted by Crippen LogP contribution is -2.55. The zero-order valence-corrected chi connectivity index (χ0v) is 26.4. The Hall–Kier alpha value is -4.99. The Morgan fingerprint density at radius 3 is 1.83 bits per heavy atom. The van der Waals surface area contributed by atoms with E-state index >= 15 is 0 Å². The lowest BCUT2D eigenvalue weighted by molar-refractivity contribution is -0.159. The van der Waals surface area contributed by atoms with Gasteiger partial charge in [0.15, 0.2) is 0 Å². The summed E-state index contributed by atoms with van der Waals surface area (Å²) >= 11 is 0. The van der Waals surface area contributed by atoms with E-state index in [-0.39, 0.29) is 32.4 Å². The van der Waals surface area contributed by atoms with E-state index in [1.54, 1.807) is 20.8 Å². The molecule has 1 aliphatic heterocycles. The van der Waals surface area contributed by atoms with Crippen LogP contribution in [0.15, 0.2) is 91.0 Å². The summed E-state index contributed by atoms with van der Waals surface area (Å²) < 4.78 is 10.9. The van der Waals surface area contributed by atoms with Gasteiger partial charge in [0.1, 0.15) is 30.3 Å². The minimum atomic E-state index is -1.12. The fraction of sp³-hybridized carbons (Fsp3) is 0.361. The number of rotatable bonds is 12. The molecule has 0 saturated carbocycles. The van der Waals surface area contributed by atoms with Gasteiger partial charge in [-0.15, -0.1) is 0 Å². The van der Waals surface area contributed by atoms with E-state index in [0.29, 0.717) is 6.42 Å². The summed E-state index contributed by atoms with van der Waals surface area (Å²) in [4.78, 5) is 68.0. The molecule has 242 valence electrons. The SMILES string of the molecule is CC(C)(C)OC(=O)[C@@H](Cc1ccccc1)NC(=O)C(=O)[C@@H]1CCCN1C(=O)[C@H](Cc1ccccc1)NC(=O)OCc1ccccc1. The molecule has 10 heteroatoms. The van der Waals surface area contributed by atoms with E-state index < -0.39 is 53.4 Å². The molecule has 10 nitrogen and oxygen atoms in total. The summed E-state index contributed by atoms with van der Waals surface area (Å²) in [7, 11) is 0. The highest BCUT2D eigenvalue weighted by molar-refractivity contribution is 6.38. The second kappa shape index (κ2) is 15.8. The number of carbonyl (C=O) groups is 5. The van der Waals surface area contributed by atoms with Crippen LogP contribution in [0.2, 0.25) is 0 Å². The highest BCUT2D eigenvalue weighted by Crippen LogP contribution is 2.21.